The number of benzene rings is 2. The van der Waals surface area contributed by atoms with Crippen LogP contribution in [0.1, 0.15) is 10.4 Å². The molecule has 5 nitrogen and oxygen atoms in total. The van der Waals surface area contributed by atoms with Crippen LogP contribution in [0.15, 0.2) is 40.9 Å². The van der Waals surface area contributed by atoms with Crippen LogP contribution in [-0.2, 0) is 0 Å². The molecule has 1 N–H and O–H groups in total. The highest BCUT2D eigenvalue weighted by atomic mass is 79.9. The van der Waals surface area contributed by atoms with Gasteiger partial charge < -0.3 is 5.32 Å². The van der Waals surface area contributed by atoms with Crippen molar-refractivity contribution in [2.24, 2.45) is 0 Å². The third kappa shape index (κ3) is 3.56. The van der Waals surface area contributed by atoms with Gasteiger partial charge in [0.05, 0.1) is 10.5 Å². The van der Waals surface area contributed by atoms with Crippen LogP contribution >= 0.6 is 27.5 Å². The maximum atomic E-state index is 13.6. The molecule has 1 amide bonds. The fourth-order valence-electron chi connectivity index (χ4n) is 1.60. The van der Waals surface area contributed by atoms with Crippen molar-refractivity contribution in [1.29, 1.82) is 0 Å². The fraction of sp³-hybridized carbons (Fsp3) is 0. The minimum Gasteiger partial charge on any atom is -0.322 e. The number of nitrogens with zero attached hydrogens (tertiary/aromatic N) is 1. The van der Waals surface area contributed by atoms with Gasteiger partial charge in [-0.1, -0.05) is 27.5 Å². The molecule has 0 radical (unpaired) electrons. The summed E-state index contributed by atoms with van der Waals surface area (Å²) in [5.41, 5.74) is -0.373. The van der Waals surface area contributed by atoms with E-state index in [0.717, 1.165) is 12.1 Å². The first-order valence-electron chi connectivity index (χ1n) is 5.59. The summed E-state index contributed by atoms with van der Waals surface area (Å²) in [6.07, 6.45) is 0. The first kappa shape index (κ1) is 15.4. The van der Waals surface area contributed by atoms with Crippen molar-refractivity contribution in [3.8, 4) is 0 Å². The van der Waals surface area contributed by atoms with Crippen LogP contribution in [0.3, 0.4) is 0 Å². The lowest BCUT2D eigenvalue weighted by atomic mass is 10.2. The molecule has 0 saturated heterocycles. The van der Waals surface area contributed by atoms with Crippen molar-refractivity contribution in [1.82, 2.24) is 0 Å². The number of anilines is 1. The Morgan fingerprint density at radius 2 is 2.00 bits per heavy atom. The van der Waals surface area contributed by atoms with Crippen molar-refractivity contribution in [3.63, 3.8) is 0 Å². The molecule has 0 aliphatic carbocycles. The average Bonchev–Trinajstić information content (AvgIpc) is 2.43. The molecular formula is C13H7BrClFN2O3. The van der Waals surface area contributed by atoms with Crippen LogP contribution in [0, 0.1) is 15.9 Å². The van der Waals surface area contributed by atoms with Crippen LogP contribution in [-0.4, -0.2) is 10.8 Å². The lowest BCUT2D eigenvalue weighted by Gasteiger charge is -2.07. The zero-order valence-corrected chi connectivity index (χ0v) is 12.6. The molecule has 2 aromatic carbocycles. The number of amides is 1. The second kappa shape index (κ2) is 6.19. The number of nitrogens with one attached hydrogen (secondary N) is 1. The highest BCUT2D eigenvalue weighted by molar-refractivity contribution is 9.10. The maximum absolute atomic E-state index is 13.6. The van der Waals surface area contributed by atoms with Gasteiger partial charge in [-0.3, -0.25) is 14.9 Å². The van der Waals surface area contributed by atoms with E-state index in [1.165, 1.54) is 24.3 Å². The zero-order valence-electron chi connectivity index (χ0n) is 10.3. The molecule has 0 spiro atoms. The fourth-order valence-corrected chi connectivity index (χ4v) is 2.15. The van der Waals surface area contributed by atoms with E-state index in [1.54, 1.807) is 0 Å². The normalized spacial score (nSPS) is 10.2. The van der Waals surface area contributed by atoms with Crippen molar-refractivity contribution in [3.05, 3.63) is 67.4 Å². The Balaban J connectivity index is 2.29. The Labute approximate surface area is 132 Å². The first-order chi connectivity index (χ1) is 9.88. The minimum absolute atomic E-state index is 0.0494. The topological polar surface area (TPSA) is 72.2 Å². The molecular weight excluding hydrogens is 367 g/mol. The summed E-state index contributed by atoms with van der Waals surface area (Å²) in [5, 5.41) is 13.1. The third-order valence-electron chi connectivity index (χ3n) is 2.57. The molecule has 0 fully saturated rings. The van der Waals surface area contributed by atoms with Gasteiger partial charge in [-0.2, -0.15) is 0 Å². The third-order valence-corrected chi connectivity index (χ3v) is 3.39. The highest BCUT2D eigenvalue weighted by Gasteiger charge is 2.16. The smallest absolute Gasteiger partial charge is 0.289 e. The van der Waals surface area contributed by atoms with E-state index in [2.05, 4.69) is 21.2 Å². The number of halogens is 3. The summed E-state index contributed by atoms with van der Waals surface area (Å²) in [5.74, 6) is -1.41. The molecule has 0 saturated carbocycles. The average molecular weight is 374 g/mol. The van der Waals surface area contributed by atoms with E-state index in [9.17, 15) is 19.3 Å². The molecule has 21 heavy (non-hydrogen) atoms. The molecule has 2 aromatic rings. The summed E-state index contributed by atoms with van der Waals surface area (Å²) in [4.78, 5) is 22.1. The van der Waals surface area contributed by atoms with Crippen LogP contribution < -0.4 is 5.32 Å². The van der Waals surface area contributed by atoms with E-state index in [4.69, 9.17) is 11.6 Å². The van der Waals surface area contributed by atoms with E-state index in [0.29, 0.717) is 4.47 Å². The number of nitro benzene ring substituents is 1. The van der Waals surface area contributed by atoms with E-state index < -0.39 is 16.6 Å². The molecule has 0 aromatic heterocycles. The predicted molar refractivity (Wildman–Crippen MR) is 80.2 cm³/mol. The number of rotatable bonds is 3. The predicted octanol–water partition coefficient (Wildman–Crippen LogP) is 4.40. The summed E-state index contributed by atoms with van der Waals surface area (Å²) in [6, 6.07) is 7.70. The zero-order chi connectivity index (χ0) is 15.6. The molecule has 2 rings (SSSR count). The first-order valence-corrected chi connectivity index (χ1v) is 6.76. The summed E-state index contributed by atoms with van der Waals surface area (Å²) < 4.78 is 14.1. The van der Waals surface area contributed by atoms with Crippen molar-refractivity contribution < 1.29 is 14.1 Å². The van der Waals surface area contributed by atoms with Crippen LogP contribution in [0.5, 0.6) is 0 Å². The quantitative estimate of drug-likeness (QED) is 0.640. The van der Waals surface area contributed by atoms with Crippen LogP contribution in [0.25, 0.3) is 0 Å². The Hall–Kier alpha value is -1.99. The lowest BCUT2D eigenvalue weighted by molar-refractivity contribution is -0.384. The largest absolute Gasteiger partial charge is 0.322 e. The van der Waals surface area contributed by atoms with E-state index >= 15 is 0 Å². The Bertz CT molecular complexity index is 739. The van der Waals surface area contributed by atoms with Crippen molar-refractivity contribution >= 4 is 44.8 Å². The van der Waals surface area contributed by atoms with Gasteiger partial charge in [0, 0.05) is 16.2 Å². The molecule has 0 aliphatic rings. The molecule has 0 aliphatic heterocycles. The summed E-state index contributed by atoms with van der Waals surface area (Å²) in [7, 11) is 0. The van der Waals surface area contributed by atoms with Gasteiger partial charge in [0.1, 0.15) is 10.8 Å². The van der Waals surface area contributed by atoms with Gasteiger partial charge in [-0.05, 0) is 30.3 Å². The van der Waals surface area contributed by atoms with Crippen LogP contribution in [0.4, 0.5) is 15.8 Å². The molecule has 8 heteroatoms. The SMILES string of the molecule is O=C(Nc1ccc(Cl)c([N+](=O)[O-])c1)c1cc(Br)ccc1F. The molecule has 108 valence electrons. The monoisotopic (exact) mass is 372 g/mol. The van der Waals surface area contributed by atoms with Crippen molar-refractivity contribution in [2.45, 2.75) is 0 Å². The van der Waals surface area contributed by atoms with Gasteiger partial charge in [0.15, 0.2) is 0 Å². The highest BCUT2D eigenvalue weighted by Crippen LogP contribution is 2.27. The Morgan fingerprint density at radius 1 is 1.29 bits per heavy atom. The number of carbonyl (C=O) groups is 1. The standard InChI is InChI=1S/C13H7BrClFN2O3/c14-7-1-4-11(16)9(5-7)13(19)17-8-2-3-10(15)12(6-8)18(20)21/h1-6H,(H,17,19). The second-order valence-corrected chi connectivity index (χ2v) is 5.32. The number of hydrogen-bond donors (Lipinski definition) is 1. The van der Waals surface area contributed by atoms with Gasteiger partial charge in [-0.15, -0.1) is 0 Å². The number of hydrogen-bond acceptors (Lipinski definition) is 3. The van der Waals surface area contributed by atoms with Gasteiger partial charge in [0.2, 0.25) is 0 Å². The molecule has 0 heterocycles. The van der Waals surface area contributed by atoms with E-state index in [1.807, 2.05) is 0 Å². The minimum atomic E-state index is -0.717. The van der Waals surface area contributed by atoms with Gasteiger partial charge in [0.25, 0.3) is 11.6 Å². The van der Waals surface area contributed by atoms with Gasteiger partial charge >= 0.3 is 0 Å². The summed E-state index contributed by atoms with van der Waals surface area (Å²) in [6.45, 7) is 0. The maximum Gasteiger partial charge on any atom is 0.289 e. The van der Waals surface area contributed by atoms with E-state index in [-0.39, 0.29) is 22.0 Å². The van der Waals surface area contributed by atoms with Crippen LogP contribution in [0.2, 0.25) is 5.02 Å². The lowest BCUT2D eigenvalue weighted by Crippen LogP contribution is -2.14. The van der Waals surface area contributed by atoms with Gasteiger partial charge in [-0.25, -0.2) is 4.39 Å². The molecule has 0 unspecified atom stereocenters. The van der Waals surface area contributed by atoms with Crippen molar-refractivity contribution in [2.75, 3.05) is 5.32 Å². The number of nitro groups is 1. The molecule has 0 atom stereocenters. The Morgan fingerprint density at radius 3 is 2.67 bits per heavy atom. The molecule has 0 bridgehead atoms. The number of carbonyl (C=O) groups excluding carboxylic acids is 1. The second-order valence-electron chi connectivity index (χ2n) is 4.00. The Kier molecular flexibility index (Phi) is 4.54. The summed E-state index contributed by atoms with van der Waals surface area (Å²) >= 11 is 8.81.